The minimum atomic E-state index is -0.527. The van der Waals surface area contributed by atoms with Crippen molar-refractivity contribution in [3.8, 4) is 0 Å². The predicted octanol–water partition coefficient (Wildman–Crippen LogP) is 1.75. The molecule has 0 saturated carbocycles. The number of nitro groups is 1. The topological polar surface area (TPSA) is 97.5 Å². The van der Waals surface area contributed by atoms with Crippen molar-refractivity contribution in [3.63, 3.8) is 0 Å². The molecule has 7 nitrogen and oxygen atoms in total. The first-order valence-electron chi connectivity index (χ1n) is 5.66. The van der Waals surface area contributed by atoms with Gasteiger partial charge in [0.1, 0.15) is 0 Å². The molecular formula is C13H10N4O3. The molecule has 0 atom stereocenters. The Morgan fingerprint density at radius 1 is 1.25 bits per heavy atom. The van der Waals surface area contributed by atoms with Gasteiger partial charge in [0.25, 0.3) is 11.6 Å². The Morgan fingerprint density at radius 3 is 2.60 bits per heavy atom. The molecule has 1 aromatic carbocycles. The molecule has 0 unspecified atom stereocenters. The van der Waals surface area contributed by atoms with Crippen molar-refractivity contribution in [1.29, 1.82) is 0 Å². The van der Waals surface area contributed by atoms with Crippen LogP contribution >= 0.6 is 0 Å². The number of non-ortho nitro benzene ring substituents is 1. The van der Waals surface area contributed by atoms with E-state index in [1.165, 1.54) is 30.5 Å². The summed E-state index contributed by atoms with van der Waals surface area (Å²) in [5.41, 5.74) is 3.14. The van der Waals surface area contributed by atoms with Crippen molar-refractivity contribution in [2.45, 2.75) is 0 Å². The highest BCUT2D eigenvalue weighted by Crippen LogP contribution is 2.11. The Hall–Kier alpha value is -3.09. The SMILES string of the molecule is O=C(N/N=C\c1ccccn1)c1ccc([N+](=O)[O-])cc1. The number of carbonyl (C=O) groups excluding carboxylic acids is 1. The van der Waals surface area contributed by atoms with Crippen LogP contribution in [-0.4, -0.2) is 22.0 Å². The first-order chi connectivity index (χ1) is 9.66. The van der Waals surface area contributed by atoms with Crippen LogP contribution in [0.2, 0.25) is 0 Å². The first-order valence-corrected chi connectivity index (χ1v) is 5.66. The van der Waals surface area contributed by atoms with Gasteiger partial charge in [0.05, 0.1) is 16.8 Å². The van der Waals surface area contributed by atoms with Gasteiger partial charge < -0.3 is 0 Å². The van der Waals surface area contributed by atoms with E-state index in [0.717, 1.165) is 0 Å². The minimum absolute atomic E-state index is 0.0708. The number of amides is 1. The average Bonchev–Trinajstić information content (AvgIpc) is 2.48. The van der Waals surface area contributed by atoms with Crippen LogP contribution < -0.4 is 5.43 Å². The van der Waals surface area contributed by atoms with Gasteiger partial charge >= 0.3 is 0 Å². The fourth-order valence-electron chi connectivity index (χ4n) is 1.41. The molecule has 1 aromatic heterocycles. The van der Waals surface area contributed by atoms with E-state index in [4.69, 9.17) is 0 Å². The summed E-state index contributed by atoms with van der Waals surface area (Å²) in [6.07, 6.45) is 3.02. The molecule has 1 amide bonds. The van der Waals surface area contributed by atoms with Crippen LogP contribution in [0, 0.1) is 10.1 Å². The van der Waals surface area contributed by atoms with Gasteiger partial charge in [-0.25, -0.2) is 5.43 Å². The predicted molar refractivity (Wildman–Crippen MR) is 72.4 cm³/mol. The molecule has 0 aliphatic carbocycles. The van der Waals surface area contributed by atoms with Gasteiger partial charge in [0.2, 0.25) is 0 Å². The van der Waals surface area contributed by atoms with E-state index < -0.39 is 10.8 Å². The standard InChI is InChI=1S/C13H10N4O3/c18-13(10-4-6-12(7-5-10)17(19)20)16-15-9-11-3-1-2-8-14-11/h1-9H,(H,16,18)/b15-9-. The average molecular weight is 270 g/mol. The number of hydrogen-bond acceptors (Lipinski definition) is 5. The molecule has 20 heavy (non-hydrogen) atoms. The van der Waals surface area contributed by atoms with E-state index >= 15 is 0 Å². The number of pyridine rings is 1. The van der Waals surface area contributed by atoms with Gasteiger partial charge in [-0.2, -0.15) is 5.10 Å². The highest BCUT2D eigenvalue weighted by atomic mass is 16.6. The molecule has 0 bridgehead atoms. The Balaban J connectivity index is 1.98. The van der Waals surface area contributed by atoms with Crippen LogP contribution in [0.25, 0.3) is 0 Å². The zero-order chi connectivity index (χ0) is 14.4. The largest absolute Gasteiger partial charge is 0.271 e. The van der Waals surface area contributed by atoms with Crippen LogP contribution in [-0.2, 0) is 0 Å². The summed E-state index contributed by atoms with van der Waals surface area (Å²) in [7, 11) is 0. The van der Waals surface area contributed by atoms with E-state index in [2.05, 4.69) is 15.5 Å². The maximum absolute atomic E-state index is 11.7. The lowest BCUT2D eigenvalue weighted by atomic mass is 10.2. The third-order valence-corrected chi connectivity index (χ3v) is 2.39. The maximum Gasteiger partial charge on any atom is 0.271 e. The number of hydrazone groups is 1. The smallest absolute Gasteiger partial charge is 0.267 e. The van der Waals surface area contributed by atoms with Crippen molar-refractivity contribution in [3.05, 3.63) is 70.0 Å². The normalized spacial score (nSPS) is 10.4. The van der Waals surface area contributed by atoms with Gasteiger partial charge in [0.15, 0.2) is 0 Å². The lowest BCUT2D eigenvalue weighted by Crippen LogP contribution is -2.17. The summed E-state index contributed by atoms with van der Waals surface area (Å²) in [4.78, 5) is 25.7. The lowest BCUT2D eigenvalue weighted by Gasteiger charge is -1.99. The Kier molecular flexibility index (Phi) is 4.13. The van der Waals surface area contributed by atoms with Crippen LogP contribution in [0.3, 0.4) is 0 Å². The summed E-state index contributed by atoms with van der Waals surface area (Å²) >= 11 is 0. The Bertz CT molecular complexity index is 638. The summed E-state index contributed by atoms with van der Waals surface area (Å²) in [6, 6.07) is 10.6. The first kappa shape index (κ1) is 13.3. The molecule has 1 heterocycles. The second-order valence-corrected chi connectivity index (χ2v) is 3.76. The molecule has 2 rings (SSSR count). The zero-order valence-corrected chi connectivity index (χ0v) is 10.3. The summed E-state index contributed by atoms with van der Waals surface area (Å²) in [5.74, 6) is -0.452. The lowest BCUT2D eigenvalue weighted by molar-refractivity contribution is -0.384. The molecule has 7 heteroatoms. The number of benzene rings is 1. The van der Waals surface area contributed by atoms with Crippen LogP contribution in [0.5, 0.6) is 0 Å². The molecule has 1 N–H and O–H groups in total. The second kappa shape index (κ2) is 6.19. The third-order valence-electron chi connectivity index (χ3n) is 2.39. The van der Waals surface area contributed by atoms with Gasteiger partial charge in [0, 0.05) is 23.9 Å². The van der Waals surface area contributed by atoms with Gasteiger partial charge in [-0.15, -0.1) is 0 Å². The van der Waals surface area contributed by atoms with Crippen molar-refractivity contribution >= 4 is 17.8 Å². The number of carbonyl (C=O) groups is 1. The molecule has 0 aliphatic heterocycles. The van der Waals surface area contributed by atoms with Crippen molar-refractivity contribution in [1.82, 2.24) is 10.4 Å². The fraction of sp³-hybridized carbons (Fsp3) is 0. The third kappa shape index (κ3) is 3.45. The molecule has 0 saturated heterocycles. The zero-order valence-electron chi connectivity index (χ0n) is 10.3. The fourth-order valence-corrected chi connectivity index (χ4v) is 1.41. The van der Waals surface area contributed by atoms with Crippen LogP contribution in [0.4, 0.5) is 5.69 Å². The second-order valence-electron chi connectivity index (χ2n) is 3.76. The number of rotatable bonds is 4. The summed E-state index contributed by atoms with van der Waals surface area (Å²) < 4.78 is 0. The summed E-state index contributed by atoms with van der Waals surface area (Å²) in [5, 5.41) is 14.2. The molecule has 0 radical (unpaired) electrons. The van der Waals surface area contributed by atoms with E-state index in [-0.39, 0.29) is 11.3 Å². The Labute approximate surface area is 114 Å². The molecule has 0 fully saturated rings. The van der Waals surface area contributed by atoms with Crippen molar-refractivity contribution in [2.24, 2.45) is 5.10 Å². The quantitative estimate of drug-likeness (QED) is 0.520. The van der Waals surface area contributed by atoms with Crippen LogP contribution in [0.1, 0.15) is 16.1 Å². The van der Waals surface area contributed by atoms with E-state index in [1.807, 2.05) is 0 Å². The molecule has 100 valence electrons. The monoisotopic (exact) mass is 270 g/mol. The van der Waals surface area contributed by atoms with E-state index in [1.54, 1.807) is 24.4 Å². The van der Waals surface area contributed by atoms with Gasteiger partial charge in [-0.05, 0) is 24.3 Å². The van der Waals surface area contributed by atoms with Crippen molar-refractivity contribution in [2.75, 3.05) is 0 Å². The number of nitrogens with one attached hydrogen (secondary N) is 1. The molecule has 2 aromatic rings. The molecular weight excluding hydrogens is 260 g/mol. The highest BCUT2D eigenvalue weighted by Gasteiger charge is 2.08. The highest BCUT2D eigenvalue weighted by molar-refractivity contribution is 5.94. The number of nitrogens with zero attached hydrogens (tertiary/aromatic N) is 3. The Morgan fingerprint density at radius 2 is 2.00 bits per heavy atom. The van der Waals surface area contributed by atoms with E-state index in [9.17, 15) is 14.9 Å². The number of nitro benzene ring substituents is 1. The molecule has 0 aliphatic rings. The van der Waals surface area contributed by atoms with E-state index in [0.29, 0.717) is 5.69 Å². The van der Waals surface area contributed by atoms with Gasteiger partial charge in [-0.1, -0.05) is 6.07 Å². The number of hydrogen-bond donors (Lipinski definition) is 1. The number of aromatic nitrogens is 1. The van der Waals surface area contributed by atoms with Crippen molar-refractivity contribution < 1.29 is 9.72 Å². The molecule has 0 spiro atoms. The van der Waals surface area contributed by atoms with Crippen LogP contribution in [0.15, 0.2) is 53.8 Å². The minimum Gasteiger partial charge on any atom is -0.267 e. The van der Waals surface area contributed by atoms with Gasteiger partial charge in [-0.3, -0.25) is 19.9 Å². The maximum atomic E-state index is 11.7. The summed E-state index contributed by atoms with van der Waals surface area (Å²) in [6.45, 7) is 0.